The Kier molecular flexibility index (Phi) is 4.29. The first-order valence-electron chi connectivity index (χ1n) is 6.85. The fourth-order valence-corrected chi connectivity index (χ4v) is 2.68. The van der Waals surface area contributed by atoms with E-state index in [-0.39, 0.29) is 18.1 Å². The number of rotatable bonds is 3. The summed E-state index contributed by atoms with van der Waals surface area (Å²) in [7, 11) is 0. The number of ether oxygens (including phenoxy) is 1. The van der Waals surface area contributed by atoms with Crippen molar-refractivity contribution in [2.45, 2.75) is 0 Å². The second-order valence-corrected chi connectivity index (χ2v) is 5.83. The molecule has 0 saturated heterocycles. The summed E-state index contributed by atoms with van der Waals surface area (Å²) in [5.41, 5.74) is 1.05. The van der Waals surface area contributed by atoms with Gasteiger partial charge in [0, 0.05) is 4.47 Å². The molecule has 2 aromatic rings. The molecule has 0 atom stereocenters. The minimum Gasteiger partial charge on any atom is -0.490 e. The van der Waals surface area contributed by atoms with Crippen molar-refractivity contribution in [2.24, 2.45) is 0 Å². The molecule has 0 bridgehead atoms. The quantitative estimate of drug-likeness (QED) is 0.906. The molecule has 2 aromatic carbocycles. The molecule has 1 aliphatic heterocycles. The van der Waals surface area contributed by atoms with Gasteiger partial charge in [-0.1, -0.05) is 28.1 Å². The molecule has 114 valence electrons. The highest BCUT2D eigenvalue weighted by Gasteiger charge is 2.20. The summed E-state index contributed by atoms with van der Waals surface area (Å²) < 4.78 is 19.9. The smallest absolute Gasteiger partial charge is 0.243 e. The number of amides is 1. The van der Waals surface area contributed by atoms with Crippen LogP contribution in [0.1, 0.15) is 0 Å². The Bertz CT molecular complexity index is 708. The Labute approximate surface area is 136 Å². The molecule has 1 N–H and O–H groups in total. The van der Waals surface area contributed by atoms with E-state index in [4.69, 9.17) is 4.74 Å². The number of nitrogens with one attached hydrogen (secondary N) is 1. The van der Waals surface area contributed by atoms with Gasteiger partial charge in [0.25, 0.3) is 0 Å². The normalized spacial score (nSPS) is 13.3. The molecule has 0 unspecified atom stereocenters. The molecule has 1 aliphatic rings. The first kappa shape index (κ1) is 14.8. The highest BCUT2D eigenvalue weighted by Crippen LogP contribution is 2.30. The number of hydrogen-bond acceptors (Lipinski definition) is 3. The van der Waals surface area contributed by atoms with Crippen molar-refractivity contribution in [1.82, 2.24) is 0 Å². The van der Waals surface area contributed by atoms with Crippen molar-refractivity contribution in [3.05, 3.63) is 52.8 Å². The SMILES string of the molecule is O=C(CN1CCOc2ccccc21)Nc1ccc(Br)cc1F. The van der Waals surface area contributed by atoms with E-state index in [1.54, 1.807) is 6.07 Å². The summed E-state index contributed by atoms with van der Waals surface area (Å²) in [6.07, 6.45) is 0. The maximum atomic E-state index is 13.8. The van der Waals surface area contributed by atoms with Crippen molar-refractivity contribution in [2.75, 3.05) is 29.9 Å². The predicted octanol–water partition coefficient (Wildman–Crippen LogP) is 3.43. The summed E-state index contributed by atoms with van der Waals surface area (Å²) in [6, 6.07) is 12.1. The van der Waals surface area contributed by atoms with Crippen LogP contribution in [0.15, 0.2) is 46.9 Å². The maximum absolute atomic E-state index is 13.8. The second-order valence-electron chi connectivity index (χ2n) is 4.91. The van der Waals surface area contributed by atoms with Crippen LogP contribution >= 0.6 is 15.9 Å². The van der Waals surface area contributed by atoms with Gasteiger partial charge in [0.2, 0.25) is 5.91 Å². The minimum absolute atomic E-state index is 0.149. The Morgan fingerprint density at radius 1 is 1.32 bits per heavy atom. The van der Waals surface area contributed by atoms with Crippen LogP contribution in [0.2, 0.25) is 0 Å². The van der Waals surface area contributed by atoms with E-state index in [0.29, 0.717) is 17.6 Å². The predicted molar refractivity (Wildman–Crippen MR) is 86.9 cm³/mol. The molecule has 22 heavy (non-hydrogen) atoms. The molecule has 0 spiro atoms. The molecule has 3 rings (SSSR count). The van der Waals surface area contributed by atoms with E-state index in [1.807, 2.05) is 29.2 Å². The summed E-state index contributed by atoms with van der Waals surface area (Å²) in [4.78, 5) is 14.1. The number of nitrogens with zero attached hydrogens (tertiary/aromatic N) is 1. The lowest BCUT2D eigenvalue weighted by atomic mass is 10.2. The Hall–Kier alpha value is -2.08. The van der Waals surface area contributed by atoms with Crippen LogP contribution < -0.4 is 15.0 Å². The van der Waals surface area contributed by atoms with Crippen LogP contribution in [0.25, 0.3) is 0 Å². The van der Waals surface area contributed by atoms with Gasteiger partial charge in [0.05, 0.1) is 24.5 Å². The van der Waals surface area contributed by atoms with Crippen molar-refractivity contribution >= 4 is 33.2 Å². The van der Waals surface area contributed by atoms with E-state index < -0.39 is 5.82 Å². The Balaban J connectivity index is 1.70. The topological polar surface area (TPSA) is 41.6 Å². The molecule has 1 heterocycles. The van der Waals surface area contributed by atoms with E-state index in [0.717, 1.165) is 11.4 Å². The van der Waals surface area contributed by atoms with Crippen LogP contribution in [0.5, 0.6) is 5.75 Å². The van der Waals surface area contributed by atoms with E-state index in [9.17, 15) is 9.18 Å². The average molecular weight is 365 g/mol. The molecule has 1 amide bonds. The zero-order valence-electron chi connectivity index (χ0n) is 11.7. The van der Waals surface area contributed by atoms with Gasteiger partial charge in [-0.25, -0.2) is 4.39 Å². The van der Waals surface area contributed by atoms with Gasteiger partial charge in [-0.3, -0.25) is 4.79 Å². The molecule has 0 fully saturated rings. The fraction of sp³-hybridized carbons (Fsp3) is 0.188. The van der Waals surface area contributed by atoms with Crippen molar-refractivity contribution < 1.29 is 13.9 Å². The van der Waals surface area contributed by atoms with Crippen LogP contribution in [-0.2, 0) is 4.79 Å². The van der Waals surface area contributed by atoms with Gasteiger partial charge >= 0.3 is 0 Å². The Morgan fingerprint density at radius 2 is 2.14 bits per heavy atom. The van der Waals surface area contributed by atoms with Gasteiger partial charge in [-0.05, 0) is 30.3 Å². The standard InChI is InChI=1S/C16H14BrFN2O2/c17-11-5-6-13(12(18)9-11)19-16(21)10-20-7-8-22-15-4-2-1-3-14(15)20/h1-6,9H,7-8,10H2,(H,19,21). The highest BCUT2D eigenvalue weighted by molar-refractivity contribution is 9.10. The molecule has 4 nitrogen and oxygen atoms in total. The number of hydrogen-bond donors (Lipinski definition) is 1. The minimum atomic E-state index is -0.467. The summed E-state index contributed by atoms with van der Waals surface area (Å²) >= 11 is 3.19. The third-order valence-corrected chi connectivity index (χ3v) is 3.86. The number of benzene rings is 2. The van der Waals surface area contributed by atoms with Gasteiger partial charge in [0.1, 0.15) is 18.2 Å². The van der Waals surface area contributed by atoms with Gasteiger partial charge < -0.3 is 15.0 Å². The first-order chi connectivity index (χ1) is 10.6. The van der Waals surface area contributed by atoms with Crippen molar-refractivity contribution in [3.8, 4) is 5.75 Å². The van der Waals surface area contributed by atoms with Gasteiger partial charge in [-0.15, -0.1) is 0 Å². The largest absolute Gasteiger partial charge is 0.490 e. The monoisotopic (exact) mass is 364 g/mol. The lowest BCUT2D eigenvalue weighted by Crippen LogP contribution is -2.38. The molecule has 0 aromatic heterocycles. The van der Waals surface area contributed by atoms with Crippen LogP contribution in [-0.4, -0.2) is 25.6 Å². The lowest BCUT2D eigenvalue weighted by molar-refractivity contribution is -0.115. The summed E-state index contributed by atoms with van der Waals surface area (Å²) in [5, 5.41) is 2.60. The van der Waals surface area contributed by atoms with E-state index in [2.05, 4.69) is 21.2 Å². The van der Waals surface area contributed by atoms with Gasteiger partial charge in [-0.2, -0.15) is 0 Å². The number of para-hydroxylation sites is 2. The van der Waals surface area contributed by atoms with Crippen molar-refractivity contribution in [1.29, 1.82) is 0 Å². The number of halogens is 2. The Morgan fingerprint density at radius 3 is 2.95 bits per heavy atom. The van der Waals surface area contributed by atoms with Crippen LogP contribution in [0.4, 0.5) is 15.8 Å². The lowest BCUT2D eigenvalue weighted by Gasteiger charge is -2.30. The third kappa shape index (κ3) is 3.22. The molecular formula is C16H14BrFN2O2. The molecular weight excluding hydrogens is 351 g/mol. The number of anilines is 2. The number of carbonyl (C=O) groups is 1. The summed E-state index contributed by atoms with van der Waals surface area (Å²) in [6.45, 7) is 1.29. The molecule has 0 saturated carbocycles. The number of fused-ring (bicyclic) bond motifs is 1. The molecule has 0 radical (unpaired) electrons. The highest BCUT2D eigenvalue weighted by atomic mass is 79.9. The van der Waals surface area contributed by atoms with E-state index >= 15 is 0 Å². The molecule has 6 heteroatoms. The average Bonchev–Trinajstić information content (AvgIpc) is 2.50. The molecule has 0 aliphatic carbocycles. The van der Waals surface area contributed by atoms with Crippen molar-refractivity contribution in [3.63, 3.8) is 0 Å². The second kappa shape index (κ2) is 6.36. The first-order valence-corrected chi connectivity index (χ1v) is 7.64. The third-order valence-electron chi connectivity index (χ3n) is 3.36. The maximum Gasteiger partial charge on any atom is 0.243 e. The zero-order chi connectivity index (χ0) is 15.5. The summed E-state index contributed by atoms with van der Waals surface area (Å²) in [5.74, 6) is 0.0272. The number of carbonyl (C=O) groups excluding carboxylic acids is 1. The van der Waals surface area contributed by atoms with E-state index in [1.165, 1.54) is 12.1 Å². The zero-order valence-corrected chi connectivity index (χ0v) is 13.3. The van der Waals surface area contributed by atoms with Crippen LogP contribution in [0, 0.1) is 5.82 Å². The van der Waals surface area contributed by atoms with Gasteiger partial charge in [0.15, 0.2) is 0 Å². The van der Waals surface area contributed by atoms with Crippen LogP contribution in [0.3, 0.4) is 0 Å². The fourth-order valence-electron chi connectivity index (χ4n) is 2.34.